The standard InChI is InChI=1S/C19H30N2O4S/c1-15-3-4-18(24-2)19(13-15)26(22,23)20-14-16-5-9-21(10-6-16)17-7-11-25-12-8-17/h3-4,13,16-17,20H,5-12,14H2,1-2H3. The molecule has 2 aliphatic rings. The van der Waals surface area contributed by atoms with Crippen LogP contribution in [-0.4, -0.2) is 59.3 Å². The summed E-state index contributed by atoms with van der Waals surface area (Å²) in [6.07, 6.45) is 4.30. The lowest BCUT2D eigenvalue weighted by Gasteiger charge is -2.39. The monoisotopic (exact) mass is 382 g/mol. The topological polar surface area (TPSA) is 67.9 Å². The molecule has 0 amide bonds. The number of likely N-dealkylation sites (tertiary alicyclic amines) is 1. The van der Waals surface area contributed by atoms with Crippen molar-refractivity contribution in [2.75, 3.05) is 40.0 Å². The molecule has 6 nitrogen and oxygen atoms in total. The highest BCUT2D eigenvalue weighted by molar-refractivity contribution is 7.89. The molecule has 0 saturated carbocycles. The zero-order chi connectivity index (χ0) is 18.6. The molecule has 1 aromatic rings. The molecule has 2 heterocycles. The molecule has 1 aromatic carbocycles. The Labute approximate surface area is 156 Å². The number of hydrogen-bond acceptors (Lipinski definition) is 5. The Kier molecular flexibility index (Phi) is 6.55. The van der Waals surface area contributed by atoms with Gasteiger partial charge >= 0.3 is 0 Å². The molecule has 3 rings (SSSR count). The van der Waals surface area contributed by atoms with E-state index in [2.05, 4.69) is 9.62 Å². The van der Waals surface area contributed by atoms with Gasteiger partial charge in [0, 0.05) is 25.8 Å². The van der Waals surface area contributed by atoms with Crippen molar-refractivity contribution < 1.29 is 17.9 Å². The maximum absolute atomic E-state index is 12.7. The zero-order valence-electron chi connectivity index (χ0n) is 15.7. The second kappa shape index (κ2) is 8.69. The third kappa shape index (κ3) is 4.76. The fourth-order valence-corrected chi connectivity index (χ4v) is 5.24. The Morgan fingerprint density at radius 3 is 2.54 bits per heavy atom. The molecule has 0 atom stereocenters. The first-order chi connectivity index (χ1) is 12.5. The summed E-state index contributed by atoms with van der Waals surface area (Å²) in [5.41, 5.74) is 0.899. The normalized spacial score (nSPS) is 21.0. The van der Waals surface area contributed by atoms with Crippen LogP contribution < -0.4 is 9.46 Å². The number of hydrogen-bond donors (Lipinski definition) is 1. The third-order valence-electron chi connectivity index (χ3n) is 5.53. The van der Waals surface area contributed by atoms with E-state index in [4.69, 9.17) is 9.47 Å². The molecule has 7 heteroatoms. The van der Waals surface area contributed by atoms with Crippen LogP contribution in [0, 0.1) is 12.8 Å². The second-order valence-electron chi connectivity index (χ2n) is 7.33. The number of ether oxygens (including phenoxy) is 2. The van der Waals surface area contributed by atoms with E-state index in [9.17, 15) is 8.42 Å². The van der Waals surface area contributed by atoms with Gasteiger partial charge in [0.15, 0.2) is 0 Å². The molecule has 2 aliphatic heterocycles. The second-order valence-corrected chi connectivity index (χ2v) is 9.06. The van der Waals surface area contributed by atoms with Crippen LogP contribution in [-0.2, 0) is 14.8 Å². The van der Waals surface area contributed by atoms with Crippen molar-refractivity contribution in [3.63, 3.8) is 0 Å². The van der Waals surface area contributed by atoms with Gasteiger partial charge in [-0.05, 0) is 69.3 Å². The minimum atomic E-state index is -3.56. The zero-order valence-corrected chi connectivity index (χ0v) is 16.6. The average Bonchev–Trinajstić information content (AvgIpc) is 2.67. The van der Waals surface area contributed by atoms with Gasteiger partial charge in [-0.1, -0.05) is 6.07 Å². The van der Waals surface area contributed by atoms with E-state index in [0.29, 0.717) is 24.3 Å². The van der Waals surface area contributed by atoms with Gasteiger partial charge in [-0.25, -0.2) is 13.1 Å². The summed E-state index contributed by atoms with van der Waals surface area (Å²) in [5, 5.41) is 0. The molecule has 2 fully saturated rings. The van der Waals surface area contributed by atoms with Crippen molar-refractivity contribution in [2.45, 2.75) is 43.5 Å². The Bertz CT molecular complexity index is 693. The van der Waals surface area contributed by atoms with Gasteiger partial charge in [0.05, 0.1) is 7.11 Å². The molecule has 26 heavy (non-hydrogen) atoms. The number of aryl methyl sites for hydroxylation is 1. The summed E-state index contributed by atoms with van der Waals surface area (Å²) < 4.78 is 38.9. The van der Waals surface area contributed by atoms with E-state index in [-0.39, 0.29) is 4.90 Å². The highest BCUT2D eigenvalue weighted by Crippen LogP contribution is 2.26. The number of methoxy groups -OCH3 is 1. The van der Waals surface area contributed by atoms with Crippen LogP contribution in [0.15, 0.2) is 23.1 Å². The summed E-state index contributed by atoms with van der Waals surface area (Å²) in [6.45, 7) is 6.19. The molecule has 0 spiro atoms. The fourth-order valence-electron chi connectivity index (χ4n) is 3.87. The third-order valence-corrected chi connectivity index (χ3v) is 6.97. The average molecular weight is 383 g/mol. The molecule has 0 aromatic heterocycles. The molecule has 0 bridgehead atoms. The number of rotatable bonds is 6. The van der Waals surface area contributed by atoms with Gasteiger partial charge in [-0.2, -0.15) is 0 Å². The lowest BCUT2D eigenvalue weighted by Crippen LogP contribution is -2.45. The summed E-state index contributed by atoms with van der Waals surface area (Å²) >= 11 is 0. The van der Waals surface area contributed by atoms with E-state index in [1.165, 1.54) is 7.11 Å². The van der Waals surface area contributed by atoms with Gasteiger partial charge in [-0.15, -0.1) is 0 Å². The number of nitrogens with one attached hydrogen (secondary N) is 1. The Balaban J connectivity index is 1.53. The first kappa shape index (κ1) is 19.6. The van der Waals surface area contributed by atoms with Crippen LogP contribution in [0.5, 0.6) is 5.75 Å². The first-order valence-corrected chi connectivity index (χ1v) is 10.9. The lowest BCUT2D eigenvalue weighted by atomic mass is 9.94. The van der Waals surface area contributed by atoms with Gasteiger partial charge in [0.25, 0.3) is 0 Å². The molecular formula is C19H30N2O4S. The summed E-state index contributed by atoms with van der Waals surface area (Å²) in [7, 11) is -2.07. The molecule has 0 radical (unpaired) electrons. The minimum absolute atomic E-state index is 0.222. The minimum Gasteiger partial charge on any atom is -0.495 e. The molecule has 1 N–H and O–H groups in total. The van der Waals surface area contributed by atoms with Crippen molar-refractivity contribution in [1.82, 2.24) is 9.62 Å². The van der Waals surface area contributed by atoms with Crippen molar-refractivity contribution in [3.8, 4) is 5.75 Å². The maximum Gasteiger partial charge on any atom is 0.244 e. The molecule has 0 unspecified atom stereocenters. The van der Waals surface area contributed by atoms with Gasteiger partial charge < -0.3 is 14.4 Å². The van der Waals surface area contributed by atoms with Crippen LogP contribution in [0.3, 0.4) is 0 Å². The molecular weight excluding hydrogens is 352 g/mol. The fraction of sp³-hybridized carbons (Fsp3) is 0.684. The summed E-state index contributed by atoms with van der Waals surface area (Å²) in [5.74, 6) is 0.772. The van der Waals surface area contributed by atoms with Crippen molar-refractivity contribution in [2.24, 2.45) is 5.92 Å². The number of piperidine rings is 1. The van der Waals surface area contributed by atoms with Crippen LogP contribution in [0.1, 0.15) is 31.2 Å². The number of nitrogens with zero attached hydrogens (tertiary/aromatic N) is 1. The smallest absolute Gasteiger partial charge is 0.244 e. The molecule has 2 saturated heterocycles. The van der Waals surface area contributed by atoms with Gasteiger partial charge in [-0.3, -0.25) is 0 Å². The van der Waals surface area contributed by atoms with Crippen LogP contribution in [0.25, 0.3) is 0 Å². The van der Waals surface area contributed by atoms with Crippen LogP contribution in [0.4, 0.5) is 0 Å². The Hall–Kier alpha value is -1.15. The summed E-state index contributed by atoms with van der Waals surface area (Å²) in [4.78, 5) is 2.77. The van der Waals surface area contributed by atoms with Crippen molar-refractivity contribution in [1.29, 1.82) is 0 Å². The Morgan fingerprint density at radius 2 is 1.88 bits per heavy atom. The van der Waals surface area contributed by atoms with Crippen LogP contribution in [0.2, 0.25) is 0 Å². The SMILES string of the molecule is COc1ccc(C)cc1S(=O)(=O)NCC1CCN(C2CCOCC2)CC1. The number of sulfonamides is 1. The lowest BCUT2D eigenvalue weighted by molar-refractivity contribution is 0.0214. The largest absolute Gasteiger partial charge is 0.495 e. The Morgan fingerprint density at radius 1 is 1.19 bits per heavy atom. The van der Waals surface area contributed by atoms with E-state index >= 15 is 0 Å². The predicted molar refractivity (Wildman–Crippen MR) is 101 cm³/mol. The van der Waals surface area contributed by atoms with Gasteiger partial charge in [0.1, 0.15) is 10.6 Å². The number of benzene rings is 1. The first-order valence-electron chi connectivity index (χ1n) is 9.45. The van der Waals surface area contributed by atoms with E-state index < -0.39 is 10.0 Å². The van der Waals surface area contributed by atoms with Crippen molar-refractivity contribution in [3.05, 3.63) is 23.8 Å². The molecule has 146 valence electrons. The molecule has 0 aliphatic carbocycles. The van der Waals surface area contributed by atoms with E-state index in [1.54, 1.807) is 12.1 Å². The van der Waals surface area contributed by atoms with E-state index in [0.717, 1.165) is 57.6 Å². The quantitative estimate of drug-likeness (QED) is 0.817. The highest BCUT2D eigenvalue weighted by atomic mass is 32.2. The van der Waals surface area contributed by atoms with E-state index in [1.807, 2.05) is 13.0 Å². The maximum atomic E-state index is 12.7. The van der Waals surface area contributed by atoms with Crippen LogP contribution >= 0.6 is 0 Å². The highest BCUT2D eigenvalue weighted by Gasteiger charge is 2.28. The predicted octanol–water partition coefficient (Wildman–Crippen LogP) is 2.17. The van der Waals surface area contributed by atoms with Gasteiger partial charge in [0.2, 0.25) is 10.0 Å². The summed E-state index contributed by atoms with van der Waals surface area (Å²) in [6, 6.07) is 5.85. The van der Waals surface area contributed by atoms with Crippen molar-refractivity contribution >= 4 is 10.0 Å².